The molecule has 38 heavy (non-hydrogen) atoms. The van der Waals surface area contributed by atoms with Crippen molar-refractivity contribution in [3.05, 3.63) is 82.3 Å². The molecule has 198 valence electrons. The summed E-state index contributed by atoms with van der Waals surface area (Å²) in [5, 5.41) is 9.49. The fourth-order valence-corrected chi connectivity index (χ4v) is 3.31. The molecule has 0 aliphatic heterocycles. The molecule has 3 aromatic rings. The molecule has 0 radical (unpaired) electrons. The van der Waals surface area contributed by atoms with Gasteiger partial charge in [0.2, 0.25) is 0 Å². The third kappa shape index (κ3) is 9.10. The molecule has 9 nitrogen and oxygen atoms in total. The molecule has 0 aromatic heterocycles. The lowest BCUT2D eigenvalue weighted by Crippen LogP contribution is -2.32. The van der Waals surface area contributed by atoms with E-state index in [1.807, 2.05) is 0 Å². The van der Waals surface area contributed by atoms with Crippen LogP contribution in [0.15, 0.2) is 71.8 Å². The Bertz CT molecular complexity index is 1280. The maximum absolute atomic E-state index is 12.1. The van der Waals surface area contributed by atoms with Gasteiger partial charge in [0.25, 0.3) is 5.91 Å². The normalized spacial score (nSPS) is 10.6. The number of nitrogens with zero attached hydrogens (tertiary/aromatic N) is 1. The quantitative estimate of drug-likeness (QED) is 0.128. The zero-order chi connectivity index (χ0) is 27.3. The average molecular weight is 557 g/mol. The number of nitrogens with one attached hydrogen (secondary N) is 3. The number of ether oxygens (including phenoxy) is 2. The SMILES string of the molecule is CCCCOc1ccc(NC(=O)C(=O)N/N=C\c2ccc(OCC(=O)Nc3cccc(Cl)c3Cl)cc2)cc1. The van der Waals surface area contributed by atoms with Gasteiger partial charge in [-0.15, -0.1) is 0 Å². The molecule has 11 heteroatoms. The van der Waals surface area contributed by atoms with Crippen LogP contribution in [0.5, 0.6) is 11.5 Å². The molecule has 0 saturated carbocycles. The number of benzene rings is 3. The van der Waals surface area contributed by atoms with Crippen LogP contribution >= 0.6 is 23.2 Å². The Hall–Kier alpha value is -4.08. The number of carbonyl (C=O) groups is 3. The number of hydrogen-bond acceptors (Lipinski definition) is 6. The molecule has 3 N–H and O–H groups in total. The highest BCUT2D eigenvalue weighted by atomic mass is 35.5. The summed E-state index contributed by atoms with van der Waals surface area (Å²) < 4.78 is 11.0. The lowest BCUT2D eigenvalue weighted by Gasteiger charge is -2.09. The Kier molecular flexibility index (Phi) is 11.0. The van der Waals surface area contributed by atoms with E-state index in [1.54, 1.807) is 66.7 Å². The first-order valence-electron chi connectivity index (χ1n) is 11.7. The van der Waals surface area contributed by atoms with E-state index < -0.39 is 17.7 Å². The van der Waals surface area contributed by atoms with Crippen molar-refractivity contribution in [3.63, 3.8) is 0 Å². The number of hydrazone groups is 1. The van der Waals surface area contributed by atoms with Gasteiger partial charge in [0.1, 0.15) is 11.5 Å². The third-order valence-electron chi connectivity index (χ3n) is 4.94. The largest absolute Gasteiger partial charge is 0.494 e. The van der Waals surface area contributed by atoms with E-state index in [0.29, 0.717) is 40.1 Å². The summed E-state index contributed by atoms with van der Waals surface area (Å²) in [7, 11) is 0. The van der Waals surface area contributed by atoms with Gasteiger partial charge in [-0.1, -0.05) is 42.6 Å². The van der Waals surface area contributed by atoms with Crippen LogP contribution in [0.2, 0.25) is 10.0 Å². The summed E-state index contributed by atoms with van der Waals surface area (Å²) in [5.41, 5.74) is 3.65. The molecule has 0 unspecified atom stereocenters. The van der Waals surface area contributed by atoms with E-state index in [9.17, 15) is 14.4 Å². The van der Waals surface area contributed by atoms with Gasteiger partial charge >= 0.3 is 11.8 Å². The first-order valence-corrected chi connectivity index (χ1v) is 12.4. The zero-order valence-electron chi connectivity index (χ0n) is 20.5. The zero-order valence-corrected chi connectivity index (χ0v) is 22.0. The summed E-state index contributed by atoms with van der Waals surface area (Å²) in [6.07, 6.45) is 3.36. The van der Waals surface area contributed by atoms with Gasteiger partial charge in [0, 0.05) is 5.69 Å². The van der Waals surface area contributed by atoms with Crippen molar-refractivity contribution in [2.75, 3.05) is 23.8 Å². The van der Waals surface area contributed by atoms with Crippen LogP contribution in [0.1, 0.15) is 25.3 Å². The van der Waals surface area contributed by atoms with Crippen molar-refractivity contribution in [2.45, 2.75) is 19.8 Å². The van der Waals surface area contributed by atoms with Gasteiger partial charge in [0.05, 0.1) is 28.6 Å². The highest BCUT2D eigenvalue weighted by Crippen LogP contribution is 2.29. The number of rotatable bonds is 11. The number of carbonyl (C=O) groups excluding carboxylic acids is 3. The maximum atomic E-state index is 12.1. The highest BCUT2D eigenvalue weighted by molar-refractivity contribution is 6.44. The van der Waals surface area contributed by atoms with E-state index in [2.05, 4.69) is 28.1 Å². The Morgan fingerprint density at radius 1 is 0.868 bits per heavy atom. The smallest absolute Gasteiger partial charge is 0.329 e. The molecule has 0 spiro atoms. The number of anilines is 2. The van der Waals surface area contributed by atoms with Crippen molar-refractivity contribution >= 4 is 58.5 Å². The number of amides is 3. The van der Waals surface area contributed by atoms with E-state index >= 15 is 0 Å². The van der Waals surface area contributed by atoms with Gasteiger partial charge in [-0.05, 0) is 72.6 Å². The third-order valence-corrected chi connectivity index (χ3v) is 5.76. The minimum absolute atomic E-state index is 0.240. The fraction of sp³-hybridized carbons (Fsp3) is 0.185. The van der Waals surface area contributed by atoms with E-state index in [0.717, 1.165) is 12.8 Å². The molecule has 3 rings (SSSR count). The Morgan fingerprint density at radius 2 is 1.55 bits per heavy atom. The second kappa shape index (κ2) is 14.6. The molecule has 0 fully saturated rings. The monoisotopic (exact) mass is 556 g/mol. The summed E-state index contributed by atoms with van der Waals surface area (Å²) in [6, 6.07) is 18.2. The minimum atomic E-state index is -0.921. The average Bonchev–Trinajstić information content (AvgIpc) is 2.92. The second-order valence-electron chi connectivity index (χ2n) is 7.89. The lowest BCUT2D eigenvalue weighted by molar-refractivity contribution is -0.136. The summed E-state index contributed by atoms with van der Waals surface area (Å²) >= 11 is 12.0. The molecule has 3 aromatic carbocycles. The van der Waals surface area contributed by atoms with Gasteiger partial charge in [-0.3, -0.25) is 14.4 Å². The summed E-state index contributed by atoms with van der Waals surface area (Å²) in [6.45, 7) is 2.46. The van der Waals surface area contributed by atoms with Crippen LogP contribution in [-0.2, 0) is 14.4 Å². The molecule has 0 aliphatic rings. The summed E-state index contributed by atoms with van der Waals surface area (Å²) in [4.78, 5) is 36.2. The Labute approximate surface area is 230 Å². The molecular weight excluding hydrogens is 531 g/mol. The molecule has 0 saturated heterocycles. The van der Waals surface area contributed by atoms with Crippen LogP contribution in [-0.4, -0.2) is 37.1 Å². The predicted octanol–water partition coefficient (Wildman–Crippen LogP) is 5.28. The first-order chi connectivity index (χ1) is 18.4. The Balaban J connectivity index is 1.41. The van der Waals surface area contributed by atoms with Crippen molar-refractivity contribution in [1.29, 1.82) is 0 Å². The van der Waals surface area contributed by atoms with Crippen LogP contribution in [0.4, 0.5) is 11.4 Å². The fourth-order valence-electron chi connectivity index (χ4n) is 2.96. The minimum Gasteiger partial charge on any atom is -0.494 e. The molecule has 0 atom stereocenters. The van der Waals surface area contributed by atoms with E-state index in [4.69, 9.17) is 32.7 Å². The lowest BCUT2D eigenvalue weighted by atomic mass is 10.2. The number of unbranched alkanes of at least 4 members (excludes halogenated alkanes) is 1. The number of hydrogen-bond donors (Lipinski definition) is 3. The van der Waals surface area contributed by atoms with E-state index in [-0.39, 0.29) is 11.6 Å². The van der Waals surface area contributed by atoms with E-state index in [1.165, 1.54) is 6.21 Å². The topological polar surface area (TPSA) is 118 Å². The van der Waals surface area contributed by atoms with Crippen LogP contribution < -0.4 is 25.5 Å². The van der Waals surface area contributed by atoms with Crippen LogP contribution in [0.3, 0.4) is 0 Å². The second-order valence-corrected chi connectivity index (χ2v) is 8.67. The standard InChI is InChI=1S/C27H26Cl2N4O5/c1-2-3-15-37-20-13-9-19(10-14-20)31-26(35)27(36)33-30-16-18-7-11-21(12-8-18)38-17-24(34)32-23-6-4-5-22(28)25(23)29/h4-14,16H,2-3,15,17H2,1H3,(H,31,35)(H,32,34)(H,33,36)/b30-16-. The Morgan fingerprint density at radius 3 is 2.26 bits per heavy atom. The molecule has 3 amide bonds. The summed E-state index contributed by atoms with van der Waals surface area (Å²) in [5.74, 6) is -1.05. The van der Waals surface area contributed by atoms with Gasteiger partial charge in [0.15, 0.2) is 6.61 Å². The predicted molar refractivity (Wildman–Crippen MR) is 148 cm³/mol. The van der Waals surface area contributed by atoms with Crippen molar-refractivity contribution in [2.24, 2.45) is 5.10 Å². The van der Waals surface area contributed by atoms with Gasteiger partial charge in [-0.25, -0.2) is 5.43 Å². The van der Waals surface area contributed by atoms with Gasteiger partial charge < -0.3 is 20.1 Å². The molecular formula is C27H26Cl2N4O5. The first kappa shape index (κ1) is 28.5. The molecule has 0 heterocycles. The van der Waals surface area contributed by atoms with Gasteiger partial charge in [-0.2, -0.15) is 5.10 Å². The number of halogens is 2. The van der Waals surface area contributed by atoms with Crippen LogP contribution in [0, 0.1) is 0 Å². The van der Waals surface area contributed by atoms with Crippen molar-refractivity contribution < 1.29 is 23.9 Å². The van der Waals surface area contributed by atoms with Crippen molar-refractivity contribution in [1.82, 2.24) is 5.43 Å². The van der Waals surface area contributed by atoms with Crippen LogP contribution in [0.25, 0.3) is 0 Å². The molecule has 0 aliphatic carbocycles. The highest BCUT2D eigenvalue weighted by Gasteiger charge is 2.13. The van der Waals surface area contributed by atoms with Crippen molar-refractivity contribution in [3.8, 4) is 11.5 Å². The maximum Gasteiger partial charge on any atom is 0.329 e. The molecule has 0 bridgehead atoms.